The van der Waals surface area contributed by atoms with Crippen molar-refractivity contribution in [1.82, 2.24) is 10.2 Å². The smallest absolute Gasteiger partial charge is 0.264 e. The number of para-hydroxylation sites is 1. The summed E-state index contributed by atoms with van der Waals surface area (Å²) in [7, 11) is -4.28. The third kappa shape index (κ3) is 10.2. The van der Waals surface area contributed by atoms with Crippen LogP contribution in [0.3, 0.4) is 0 Å². The molecule has 0 aromatic heterocycles. The molecule has 5 aromatic carbocycles. The standard InChI is InChI=1S/C41H41Cl2N3O5S/c1-29(2)26-44-41(48)39(24-31-10-6-4-7-11-31)45(27-32-16-17-33(42)25-38(32)43)40(47)28-46(52(49,50)37-22-14-30(3)15-23-37)34-18-20-36(21-19-34)51-35-12-8-5-9-13-35/h4-23,25,29,39H,24,26-28H2,1-3H3,(H,44,48)/t39-/m1/s1. The number of rotatable bonds is 15. The lowest BCUT2D eigenvalue weighted by Gasteiger charge is -2.34. The monoisotopic (exact) mass is 757 g/mol. The average Bonchev–Trinajstić information content (AvgIpc) is 3.13. The highest BCUT2D eigenvalue weighted by atomic mass is 35.5. The predicted octanol–water partition coefficient (Wildman–Crippen LogP) is 8.70. The Bertz CT molecular complexity index is 2060. The zero-order valence-electron chi connectivity index (χ0n) is 29.2. The van der Waals surface area contributed by atoms with Crippen molar-refractivity contribution in [3.05, 3.63) is 154 Å². The molecule has 11 heteroatoms. The van der Waals surface area contributed by atoms with Gasteiger partial charge in [0.2, 0.25) is 11.8 Å². The Kier molecular flexibility index (Phi) is 13.0. The van der Waals surface area contributed by atoms with Gasteiger partial charge in [0.1, 0.15) is 24.1 Å². The Labute approximate surface area is 316 Å². The minimum Gasteiger partial charge on any atom is -0.457 e. The van der Waals surface area contributed by atoms with Gasteiger partial charge in [-0.1, -0.05) is 109 Å². The number of ether oxygens (including phenoxy) is 1. The molecule has 8 nitrogen and oxygen atoms in total. The van der Waals surface area contributed by atoms with E-state index in [1.807, 2.05) is 81.4 Å². The van der Waals surface area contributed by atoms with Crippen LogP contribution in [0.25, 0.3) is 0 Å². The highest BCUT2D eigenvalue weighted by molar-refractivity contribution is 7.92. The van der Waals surface area contributed by atoms with Crippen LogP contribution in [0, 0.1) is 12.8 Å². The largest absolute Gasteiger partial charge is 0.457 e. The summed E-state index contributed by atoms with van der Waals surface area (Å²) >= 11 is 12.8. The Morgan fingerprint density at radius 1 is 0.788 bits per heavy atom. The van der Waals surface area contributed by atoms with Crippen molar-refractivity contribution in [3.8, 4) is 11.5 Å². The van der Waals surface area contributed by atoms with Gasteiger partial charge >= 0.3 is 0 Å². The molecule has 0 fully saturated rings. The van der Waals surface area contributed by atoms with E-state index in [4.69, 9.17) is 27.9 Å². The van der Waals surface area contributed by atoms with Gasteiger partial charge in [-0.3, -0.25) is 13.9 Å². The highest BCUT2D eigenvalue weighted by Gasteiger charge is 2.35. The van der Waals surface area contributed by atoms with Crippen LogP contribution in [0.5, 0.6) is 11.5 Å². The predicted molar refractivity (Wildman–Crippen MR) is 207 cm³/mol. The lowest BCUT2D eigenvalue weighted by molar-refractivity contribution is -0.140. The number of amides is 2. The van der Waals surface area contributed by atoms with E-state index in [0.29, 0.717) is 33.7 Å². The number of carbonyl (C=O) groups is 2. The van der Waals surface area contributed by atoms with Gasteiger partial charge in [-0.05, 0) is 84.6 Å². The van der Waals surface area contributed by atoms with Crippen LogP contribution in [0.2, 0.25) is 10.0 Å². The van der Waals surface area contributed by atoms with E-state index < -0.39 is 28.5 Å². The lowest BCUT2D eigenvalue weighted by atomic mass is 10.0. The van der Waals surface area contributed by atoms with E-state index in [9.17, 15) is 18.0 Å². The minimum absolute atomic E-state index is 0.0123. The van der Waals surface area contributed by atoms with Gasteiger partial charge in [0.25, 0.3) is 10.0 Å². The molecule has 1 N–H and O–H groups in total. The fourth-order valence-corrected chi connectivity index (χ4v) is 7.36. The summed E-state index contributed by atoms with van der Waals surface area (Å²) < 4.78 is 35.8. The number of benzene rings is 5. The summed E-state index contributed by atoms with van der Waals surface area (Å²) in [6.07, 6.45) is 0.179. The van der Waals surface area contributed by atoms with Crippen LogP contribution < -0.4 is 14.4 Å². The van der Waals surface area contributed by atoms with Crippen LogP contribution in [-0.2, 0) is 32.6 Å². The maximum atomic E-state index is 14.8. The van der Waals surface area contributed by atoms with Crippen molar-refractivity contribution in [3.63, 3.8) is 0 Å². The topological polar surface area (TPSA) is 96.0 Å². The van der Waals surface area contributed by atoms with E-state index in [1.54, 1.807) is 54.6 Å². The van der Waals surface area contributed by atoms with E-state index in [1.165, 1.54) is 17.0 Å². The van der Waals surface area contributed by atoms with Gasteiger partial charge in [0, 0.05) is 29.6 Å². The molecule has 0 aliphatic heterocycles. The Balaban J connectivity index is 1.57. The number of hydrogen-bond donors (Lipinski definition) is 1. The minimum atomic E-state index is -4.28. The molecule has 0 unspecified atom stereocenters. The first kappa shape index (κ1) is 38.4. The maximum Gasteiger partial charge on any atom is 0.264 e. The van der Waals surface area contributed by atoms with Crippen molar-refractivity contribution in [2.24, 2.45) is 5.92 Å². The Morgan fingerprint density at radius 2 is 1.40 bits per heavy atom. The molecule has 52 heavy (non-hydrogen) atoms. The molecule has 0 aliphatic carbocycles. The van der Waals surface area contributed by atoms with Gasteiger partial charge in [-0.25, -0.2) is 8.42 Å². The second-order valence-electron chi connectivity index (χ2n) is 12.8. The molecule has 2 amide bonds. The molecule has 0 radical (unpaired) electrons. The molecule has 1 atom stereocenters. The van der Waals surface area contributed by atoms with Gasteiger partial charge < -0.3 is 15.0 Å². The van der Waals surface area contributed by atoms with E-state index in [-0.39, 0.29) is 35.4 Å². The fraction of sp³-hybridized carbons (Fsp3) is 0.220. The SMILES string of the molecule is Cc1ccc(S(=O)(=O)N(CC(=O)N(Cc2ccc(Cl)cc2Cl)[C@H](Cc2ccccc2)C(=O)NCC(C)C)c2ccc(Oc3ccccc3)cc2)cc1. The van der Waals surface area contributed by atoms with Crippen molar-refractivity contribution in [1.29, 1.82) is 0 Å². The molecule has 0 saturated heterocycles. The molecule has 0 saturated carbocycles. The summed E-state index contributed by atoms with van der Waals surface area (Å²) in [4.78, 5) is 30.2. The van der Waals surface area contributed by atoms with E-state index >= 15 is 0 Å². The van der Waals surface area contributed by atoms with Crippen molar-refractivity contribution in [2.75, 3.05) is 17.4 Å². The molecular formula is C41H41Cl2N3O5S. The number of nitrogens with zero attached hydrogens (tertiary/aromatic N) is 2. The number of sulfonamides is 1. The molecule has 5 rings (SSSR count). The lowest BCUT2D eigenvalue weighted by Crippen LogP contribution is -2.53. The van der Waals surface area contributed by atoms with Crippen LogP contribution >= 0.6 is 23.2 Å². The number of carbonyl (C=O) groups excluding carboxylic acids is 2. The van der Waals surface area contributed by atoms with Crippen LogP contribution in [0.15, 0.2) is 132 Å². The van der Waals surface area contributed by atoms with Crippen LogP contribution in [0.4, 0.5) is 5.69 Å². The fourth-order valence-electron chi connectivity index (χ4n) is 5.48. The van der Waals surface area contributed by atoms with Gasteiger partial charge in [0.05, 0.1) is 10.6 Å². The van der Waals surface area contributed by atoms with Gasteiger partial charge in [-0.2, -0.15) is 0 Å². The summed E-state index contributed by atoms with van der Waals surface area (Å²) in [5.74, 6) is 0.280. The summed E-state index contributed by atoms with van der Waals surface area (Å²) in [5.41, 5.74) is 2.49. The third-order valence-corrected chi connectivity index (χ3v) is 10.7. The molecule has 270 valence electrons. The number of nitrogens with one attached hydrogen (secondary N) is 1. The van der Waals surface area contributed by atoms with Crippen LogP contribution in [-0.4, -0.2) is 44.3 Å². The Morgan fingerprint density at radius 3 is 2.02 bits per heavy atom. The normalized spacial score (nSPS) is 11.9. The molecule has 0 heterocycles. The third-order valence-electron chi connectivity index (χ3n) is 8.30. The van der Waals surface area contributed by atoms with Crippen molar-refractivity contribution >= 4 is 50.7 Å². The molecule has 5 aromatic rings. The summed E-state index contributed by atoms with van der Waals surface area (Å²) in [6, 6.07) is 35.4. The zero-order chi connectivity index (χ0) is 37.3. The summed E-state index contributed by atoms with van der Waals surface area (Å²) in [5, 5.41) is 3.71. The number of hydrogen-bond acceptors (Lipinski definition) is 5. The Hall–Kier alpha value is -4.83. The number of aryl methyl sites for hydroxylation is 1. The highest BCUT2D eigenvalue weighted by Crippen LogP contribution is 2.30. The van der Waals surface area contributed by atoms with Crippen LogP contribution in [0.1, 0.15) is 30.5 Å². The summed E-state index contributed by atoms with van der Waals surface area (Å²) in [6.45, 7) is 5.52. The van der Waals surface area contributed by atoms with E-state index in [0.717, 1.165) is 15.4 Å². The zero-order valence-corrected chi connectivity index (χ0v) is 31.5. The molecular weight excluding hydrogens is 717 g/mol. The van der Waals surface area contributed by atoms with E-state index in [2.05, 4.69) is 5.32 Å². The molecule has 0 aliphatic rings. The number of anilines is 1. The van der Waals surface area contributed by atoms with Crippen molar-refractivity contribution in [2.45, 2.75) is 44.7 Å². The first-order valence-corrected chi connectivity index (χ1v) is 19.1. The van der Waals surface area contributed by atoms with Gasteiger partial charge in [0.15, 0.2) is 0 Å². The first-order chi connectivity index (χ1) is 24.9. The maximum absolute atomic E-state index is 14.8. The molecule has 0 spiro atoms. The average molecular weight is 759 g/mol. The quantitative estimate of drug-likeness (QED) is 0.115. The second kappa shape index (κ2) is 17.6. The molecule has 0 bridgehead atoms. The van der Waals surface area contributed by atoms with Crippen molar-refractivity contribution < 1.29 is 22.7 Å². The van der Waals surface area contributed by atoms with Gasteiger partial charge in [-0.15, -0.1) is 0 Å². The first-order valence-electron chi connectivity index (χ1n) is 16.9. The second-order valence-corrected chi connectivity index (χ2v) is 15.5. The number of halogens is 2.